The van der Waals surface area contributed by atoms with E-state index in [1.165, 1.54) is 0 Å². The van der Waals surface area contributed by atoms with Crippen molar-refractivity contribution in [2.24, 2.45) is 0 Å². The molecule has 0 radical (unpaired) electrons. The van der Waals surface area contributed by atoms with Crippen molar-refractivity contribution in [2.75, 3.05) is 5.32 Å². The molecule has 0 saturated carbocycles. The molecule has 0 aliphatic heterocycles. The standard InChI is InChI=1S/C13H11N3O2/c1-2-5-10(6-3-1)12-15-13(18-16-12)14-9-11-7-4-8-17-11/h1-8H,9H2,(H,14,15,16). The minimum Gasteiger partial charge on any atom is -0.467 e. The highest BCUT2D eigenvalue weighted by Crippen LogP contribution is 2.17. The van der Waals surface area contributed by atoms with Crippen LogP contribution in [-0.2, 0) is 6.54 Å². The average molecular weight is 241 g/mol. The highest BCUT2D eigenvalue weighted by molar-refractivity contribution is 5.54. The Bertz CT molecular complexity index is 602. The van der Waals surface area contributed by atoms with Gasteiger partial charge in [0.1, 0.15) is 5.76 Å². The van der Waals surface area contributed by atoms with Crippen molar-refractivity contribution < 1.29 is 8.94 Å². The molecular formula is C13H11N3O2. The van der Waals surface area contributed by atoms with Crippen LogP contribution in [0.15, 0.2) is 57.7 Å². The SMILES string of the molecule is c1ccc(-c2noc(NCc3ccco3)n2)cc1. The van der Waals surface area contributed by atoms with Gasteiger partial charge in [0.15, 0.2) is 0 Å². The fraction of sp³-hybridized carbons (Fsp3) is 0.0769. The van der Waals surface area contributed by atoms with E-state index in [1.54, 1.807) is 6.26 Å². The number of nitrogens with one attached hydrogen (secondary N) is 1. The minimum absolute atomic E-state index is 0.380. The Morgan fingerprint density at radius 2 is 1.94 bits per heavy atom. The topological polar surface area (TPSA) is 64.1 Å². The van der Waals surface area contributed by atoms with Gasteiger partial charge in [-0.3, -0.25) is 0 Å². The Labute approximate surface area is 103 Å². The van der Waals surface area contributed by atoms with Crippen LogP contribution in [0, 0.1) is 0 Å². The van der Waals surface area contributed by atoms with Crippen LogP contribution in [0.25, 0.3) is 11.4 Å². The van der Waals surface area contributed by atoms with E-state index < -0.39 is 0 Å². The van der Waals surface area contributed by atoms with E-state index in [2.05, 4.69) is 15.5 Å². The first-order chi connectivity index (χ1) is 8.92. The Hall–Kier alpha value is -2.56. The number of benzene rings is 1. The van der Waals surface area contributed by atoms with Gasteiger partial charge in [-0.2, -0.15) is 4.98 Å². The summed E-state index contributed by atoms with van der Waals surface area (Å²) >= 11 is 0. The van der Waals surface area contributed by atoms with Crippen molar-refractivity contribution in [2.45, 2.75) is 6.54 Å². The van der Waals surface area contributed by atoms with Gasteiger partial charge < -0.3 is 14.3 Å². The molecule has 0 unspecified atom stereocenters. The van der Waals surface area contributed by atoms with Crippen molar-refractivity contribution >= 4 is 6.01 Å². The molecule has 0 fully saturated rings. The van der Waals surface area contributed by atoms with Gasteiger partial charge in [0.2, 0.25) is 5.82 Å². The van der Waals surface area contributed by atoms with Gasteiger partial charge in [-0.25, -0.2) is 0 Å². The van der Waals surface area contributed by atoms with E-state index in [0.29, 0.717) is 18.4 Å². The molecular weight excluding hydrogens is 230 g/mol. The molecule has 18 heavy (non-hydrogen) atoms. The molecule has 90 valence electrons. The molecule has 0 spiro atoms. The van der Waals surface area contributed by atoms with Gasteiger partial charge in [0, 0.05) is 5.56 Å². The maximum Gasteiger partial charge on any atom is 0.322 e. The van der Waals surface area contributed by atoms with Crippen molar-refractivity contribution in [3.8, 4) is 11.4 Å². The highest BCUT2D eigenvalue weighted by atomic mass is 16.5. The molecule has 5 heteroatoms. The van der Waals surface area contributed by atoms with Crippen LogP contribution in [0.1, 0.15) is 5.76 Å². The molecule has 1 aromatic carbocycles. The maximum absolute atomic E-state index is 5.19. The number of nitrogens with zero attached hydrogens (tertiary/aromatic N) is 2. The Kier molecular flexibility index (Phi) is 2.79. The second-order valence-corrected chi connectivity index (χ2v) is 3.72. The average Bonchev–Trinajstić information content (AvgIpc) is 3.09. The zero-order valence-electron chi connectivity index (χ0n) is 9.54. The lowest BCUT2D eigenvalue weighted by molar-refractivity contribution is 0.428. The fourth-order valence-corrected chi connectivity index (χ4v) is 1.58. The summed E-state index contributed by atoms with van der Waals surface area (Å²) in [4.78, 5) is 4.25. The van der Waals surface area contributed by atoms with Crippen molar-refractivity contribution in [1.82, 2.24) is 10.1 Å². The second-order valence-electron chi connectivity index (χ2n) is 3.72. The van der Waals surface area contributed by atoms with Crippen LogP contribution in [0.2, 0.25) is 0 Å². The normalized spacial score (nSPS) is 10.4. The van der Waals surface area contributed by atoms with Crippen LogP contribution in [0.5, 0.6) is 0 Å². The molecule has 3 aromatic rings. The molecule has 0 atom stereocenters. The molecule has 0 aliphatic carbocycles. The molecule has 5 nitrogen and oxygen atoms in total. The monoisotopic (exact) mass is 241 g/mol. The number of anilines is 1. The van der Waals surface area contributed by atoms with E-state index in [4.69, 9.17) is 8.94 Å². The van der Waals surface area contributed by atoms with Gasteiger partial charge in [-0.15, -0.1) is 0 Å². The molecule has 0 saturated heterocycles. The second kappa shape index (κ2) is 4.75. The van der Waals surface area contributed by atoms with Gasteiger partial charge in [-0.1, -0.05) is 35.5 Å². The number of hydrogen-bond donors (Lipinski definition) is 1. The van der Waals surface area contributed by atoms with Crippen LogP contribution >= 0.6 is 0 Å². The maximum atomic E-state index is 5.19. The Morgan fingerprint density at radius 3 is 2.72 bits per heavy atom. The number of hydrogen-bond acceptors (Lipinski definition) is 5. The zero-order chi connectivity index (χ0) is 12.2. The lowest BCUT2D eigenvalue weighted by atomic mass is 10.2. The molecule has 0 amide bonds. The molecule has 1 N–H and O–H groups in total. The van der Waals surface area contributed by atoms with Gasteiger partial charge in [0.05, 0.1) is 12.8 Å². The van der Waals surface area contributed by atoms with E-state index >= 15 is 0 Å². The number of aromatic nitrogens is 2. The third kappa shape index (κ3) is 2.24. The number of furan rings is 1. The van der Waals surface area contributed by atoms with Crippen LogP contribution < -0.4 is 5.32 Å². The molecule has 3 rings (SSSR count). The fourth-order valence-electron chi connectivity index (χ4n) is 1.58. The summed E-state index contributed by atoms with van der Waals surface area (Å²) in [6.45, 7) is 0.517. The first kappa shape index (κ1) is 10.6. The van der Waals surface area contributed by atoms with Crippen LogP contribution in [0.4, 0.5) is 6.01 Å². The molecule has 0 bridgehead atoms. The predicted octanol–water partition coefficient (Wildman–Crippen LogP) is 2.94. The zero-order valence-corrected chi connectivity index (χ0v) is 9.54. The van der Waals surface area contributed by atoms with E-state index in [0.717, 1.165) is 11.3 Å². The third-order valence-corrected chi connectivity index (χ3v) is 2.45. The summed E-state index contributed by atoms with van der Waals surface area (Å²) in [6.07, 6.45) is 1.63. The highest BCUT2D eigenvalue weighted by Gasteiger charge is 2.07. The summed E-state index contributed by atoms with van der Waals surface area (Å²) in [5.41, 5.74) is 0.923. The summed E-state index contributed by atoms with van der Waals surface area (Å²) in [6, 6.07) is 13.8. The summed E-state index contributed by atoms with van der Waals surface area (Å²) < 4.78 is 10.3. The lowest BCUT2D eigenvalue weighted by Crippen LogP contribution is -1.97. The first-order valence-corrected chi connectivity index (χ1v) is 5.57. The molecule has 2 aromatic heterocycles. The summed E-state index contributed by atoms with van der Waals surface area (Å²) in [7, 11) is 0. The number of rotatable bonds is 4. The Balaban J connectivity index is 1.70. The quantitative estimate of drug-likeness (QED) is 0.760. The lowest BCUT2D eigenvalue weighted by Gasteiger charge is -1.95. The largest absolute Gasteiger partial charge is 0.467 e. The third-order valence-electron chi connectivity index (χ3n) is 2.45. The van der Waals surface area contributed by atoms with E-state index in [9.17, 15) is 0 Å². The molecule has 0 aliphatic rings. The molecule has 2 heterocycles. The van der Waals surface area contributed by atoms with E-state index in [-0.39, 0.29) is 0 Å². The first-order valence-electron chi connectivity index (χ1n) is 5.57. The van der Waals surface area contributed by atoms with E-state index in [1.807, 2.05) is 42.5 Å². The van der Waals surface area contributed by atoms with Crippen molar-refractivity contribution in [3.05, 3.63) is 54.5 Å². The summed E-state index contributed by atoms with van der Waals surface area (Å²) in [5, 5.41) is 6.91. The smallest absolute Gasteiger partial charge is 0.322 e. The Morgan fingerprint density at radius 1 is 1.06 bits per heavy atom. The van der Waals surface area contributed by atoms with Gasteiger partial charge >= 0.3 is 6.01 Å². The van der Waals surface area contributed by atoms with Gasteiger partial charge in [0.25, 0.3) is 0 Å². The van der Waals surface area contributed by atoms with Crippen LogP contribution in [-0.4, -0.2) is 10.1 Å². The minimum atomic E-state index is 0.380. The van der Waals surface area contributed by atoms with Crippen molar-refractivity contribution in [1.29, 1.82) is 0 Å². The van der Waals surface area contributed by atoms with Gasteiger partial charge in [-0.05, 0) is 12.1 Å². The van der Waals surface area contributed by atoms with Crippen molar-refractivity contribution in [3.63, 3.8) is 0 Å². The predicted molar refractivity (Wildman–Crippen MR) is 65.8 cm³/mol. The van der Waals surface area contributed by atoms with Crippen LogP contribution in [0.3, 0.4) is 0 Å². The summed E-state index contributed by atoms with van der Waals surface area (Å²) in [5.74, 6) is 1.38.